The SMILES string of the molecule is O=C(NC[C@H]1CN(c2ccc(N3CCS(=O)(=O)CC3)c(F)c2)C(=O)O1)c1ccc(Cl)s1.O=C(NC[C@H]1CN(c2ccc(N3CCSCC3)c(F)c2)C(=O)O1)c1ccc(Cl)s1. The molecule has 4 aliphatic heterocycles. The molecule has 8 rings (SSSR count). The van der Waals surface area contributed by atoms with Gasteiger partial charge in [-0.05, 0) is 60.7 Å². The van der Waals surface area contributed by atoms with Crippen molar-refractivity contribution < 1.29 is 45.9 Å². The molecule has 4 aliphatic rings. The first kappa shape index (κ1) is 43.7. The normalized spacial score (nSPS) is 20.0. The standard InChI is InChI=1S/C19H19ClFN3O5S2.C19H19ClFN3O3S2/c20-17-4-3-16(30-17)18(25)22-10-13-11-24(19(26)29-13)12-1-2-15(14(21)9-12)23-5-7-31(27,28)8-6-23;20-17-4-3-16(29-17)18(25)22-10-13-11-24(19(26)27-13)12-1-2-15(14(21)9-12)23-5-7-28-8-6-23/h1-4,9,13H,5-8,10-11H2,(H,22,25);1-4,9,13H,5-8,10-11H2,(H,22,25)/t2*13-/m00/s1. The van der Waals surface area contributed by atoms with E-state index in [-0.39, 0.29) is 68.4 Å². The Kier molecular flexibility index (Phi) is 14.0. The van der Waals surface area contributed by atoms with Crippen LogP contribution in [0, 0.1) is 11.6 Å². The van der Waals surface area contributed by atoms with Gasteiger partial charge in [-0.1, -0.05) is 23.2 Å². The molecule has 320 valence electrons. The first-order valence-corrected chi connectivity index (χ1v) is 24.0. The average molecular weight is 944 g/mol. The molecule has 0 saturated carbocycles. The number of thioether (sulfide) groups is 1. The molecule has 4 aromatic rings. The summed E-state index contributed by atoms with van der Waals surface area (Å²) < 4.78 is 64.2. The second kappa shape index (κ2) is 19.1. The minimum Gasteiger partial charge on any atom is -0.442 e. The monoisotopic (exact) mass is 942 g/mol. The van der Waals surface area contributed by atoms with Gasteiger partial charge in [0.1, 0.15) is 23.8 Å². The summed E-state index contributed by atoms with van der Waals surface area (Å²) in [6.45, 7) is 2.74. The van der Waals surface area contributed by atoms with Crippen molar-refractivity contribution in [3.63, 3.8) is 0 Å². The van der Waals surface area contributed by atoms with Gasteiger partial charge >= 0.3 is 12.2 Å². The number of anilines is 4. The van der Waals surface area contributed by atoms with Crippen LogP contribution in [0.3, 0.4) is 0 Å². The van der Waals surface area contributed by atoms with Gasteiger partial charge in [-0.2, -0.15) is 11.8 Å². The minimum atomic E-state index is -3.07. The highest BCUT2D eigenvalue weighted by Gasteiger charge is 2.35. The molecule has 0 unspecified atom stereocenters. The number of carbonyl (C=O) groups is 4. The fourth-order valence-corrected chi connectivity index (χ4v) is 10.8. The summed E-state index contributed by atoms with van der Waals surface area (Å²) >= 11 is 15.9. The van der Waals surface area contributed by atoms with Crippen LogP contribution in [-0.2, 0) is 19.3 Å². The zero-order chi connectivity index (χ0) is 42.6. The van der Waals surface area contributed by atoms with Gasteiger partial charge in [-0.15, -0.1) is 22.7 Å². The van der Waals surface area contributed by atoms with E-state index in [0.29, 0.717) is 41.2 Å². The van der Waals surface area contributed by atoms with Crippen molar-refractivity contribution >= 4 is 114 Å². The molecule has 4 fully saturated rings. The number of carbonyl (C=O) groups excluding carboxylic acids is 4. The van der Waals surface area contributed by atoms with Crippen LogP contribution in [0.15, 0.2) is 60.7 Å². The molecule has 0 aliphatic carbocycles. The van der Waals surface area contributed by atoms with E-state index in [1.165, 1.54) is 39.3 Å². The molecule has 6 heterocycles. The predicted molar refractivity (Wildman–Crippen MR) is 232 cm³/mol. The zero-order valence-corrected chi connectivity index (χ0v) is 36.4. The summed E-state index contributed by atoms with van der Waals surface area (Å²) in [5, 5.41) is 5.43. The Hall–Kier alpha value is -4.34. The predicted octanol–water partition coefficient (Wildman–Crippen LogP) is 6.38. The van der Waals surface area contributed by atoms with E-state index >= 15 is 0 Å². The Morgan fingerprint density at radius 3 is 1.52 bits per heavy atom. The molecule has 2 N–H and O–H groups in total. The maximum atomic E-state index is 14.7. The van der Waals surface area contributed by atoms with E-state index in [4.69, 9.17) is 32.7 Å². The number of rotatable bonds is 10. The number of sulfone groups is 1. The summed E-state index contributed by atoms with van der Waals surface area (Å²) in [5.74, 6) is 0.437. The largest absolute Gasteiger partial charge is 0.442 e. The Morgan fingerprint density at radius 1 is 0.683 bits per heavy atom. The van der Waals surface area contributed by atoms with Crippen LogP contribution in [0.5, 0.6) is 0 Å². The molecule has 14 nitrogen and oxygen atoms in total. The van der Waals surface area contributed by atoms with Crippen LogP contribution in [0.4, 0.5) is 41.1 Å². The first-order chi connectivity index (χ1) is 28.7. The summed E-state index contributed by atoms with van der Waals surface area (Å²) in [7, 11) is -3.07. The third-order valence-electron chi connectivity index (χ3n) is 9.85. The minimum absolute atomic E-state index is 0.0162. The fraction of sp³-hybridized carbons (Fsp3) is 0.368. The van der Waals surface area contributed by atoms with Crippen molar-refractivity contribution in [2.45, 2.75) is 12.2 Å². The lowest BCUT2D eigenvalue weighted by atomic mass is 10.2. The molecule has 0 radical (unpaired) electrons. The van der Waals surface area contributed by atoms with Crippen LogP contribution < -0.4 is 30.2 Å². The van der Waals surface area contributed by atoms with E-state index in [9.17, 15) is 36.4 Å². The van der Waals surface area contributed by atoms with Crippen molar-refractivity contribution in [2.24, 2.45) is 0 Å². The molecule has 0 spiro atoms. The van der Waals surface area contributed by atoms with Crippen LogP contribution in [-0.4, -0.2) is 120 Å². The number of thiophene rings is 2. The maximum absolute atomic E-state index is 14.7. The summed E-state index contributed by atoms with van der Waals surface area (Å²) in [6.07, 6.45) is -2.27. The molecular weight excluding hydrogens is 906 g/mol. The third kappa shape index (κ3) is 10.7. The van der Waals surface area contributed by atoms with Crippen molar-refractivity contribution in [3.8, 4) is 0 Å². The van der Waals surface area contributed by atoms with Gasteiger partial charge < -0.3 is 29.9 Å². The zero-order valence-electron chi connectivity index (χ0n) is 31.6. The van der Waals surface area contributed by atoms with Gasteiger partial charge in [0.15, 0.2) is 9.84 Å². The van der Waals surface area contributed by atoms with Crippen molar-refractivity contribution in [3.05, 3.63) is 90.7 Å². The molecule has 4 amide bonds. The van der Waals surface area contributed by atoms with Gasteiger partial charge in [0.05, 0.1) is 78.9 Å². The second-order valence-electron chi connectivity index (χ2n) is 13.9. The van der Waals surface area contributed by atoms with Crippen LogP contribution >= 0.6 is 57.6 Å². The molecule has 4 saturated heterocycles. The van der Waals surface area contributed by atoms with E-state index in [1.54, 1.807) is 47.4 Å². The van der Waals surface area contributed by atoms with E-state index in [2.05, 4.69) is 10.6 Å². The quantitative estimate of drug-likeness (QED) is 0.182. The van der Waals surface area contributed by atoms with Gasteiger partial charge in [-0.3, -0.25) is 19.4 Å². The Morgan fingerprint density at radius 2 is 1.12 bits per heavy atom. The van der Waals surface area contributed by atoms with Gasteiger partial charge in [-0.25, -0.2) is 26.8 Å². The van der Waals surface area contributed by atoms with Gasteiger partial charge in [0.2, 0.25) is 0 Å². The van der Waals surface area contributed by atoms with Crippen LogP contribution in [0.25, 0.3) is 0 Å². The van der Waals surface area contributed by atoms with Gasteiger partial charge in [0, 0.05) is 37.7 Å². The highest BCUT2D eigenvalue weighted by molar-refractivity contribution is 7.99. The number of nitrogens with one attached hydrogen (secondary N) is 2. The second-order valence-corrected chi connectivity index (χ2v) is 20.8. The molecular formula is C38H38Cl2F2N6O8S4. The number of cyclic esters (lactones) is 2. The highest BCUT2D eigenvalue weighted by Crippen LogP contribution is 2.31. The fourth-order valence-electron chi connectivity index (χ4n) is 6.74. The molecule has 2 aromatic carbocycles. The molecule has 60 heavy (non-hydrogen) atoms. The number of amides is 4. The highest BCUT2D eigenvalue weighted by atomic mass is 35.5. The van der Waals surface area contributed by atoms with Crippen molar-refractivity contribution in [2.75, 3.05) is 95.0 Å². The lowest BCUT2D eigenvalue weighted by Crippen LogP contribution is -2.40. The van der Waals surface area contributed by atoms with Crippen LogP contribution in [0.1, 0.15) is 19.3 Å². The number of halogens is 4. The van der Waals surface area contributed by atoms with Crippen molar-refractivity contribution in [1.29, 1.82) is 0 Å². The summed E-state index contributed by atoms with van der Waals surface area (Å²) in [5.41, 5.74) is 1.63. The molecule has 22 heteroatoms. The Bertz CT molecular complexity index is 2350. The van der Waals surface area contributed by atoms with Crippen molar-refractivity contribution in [1.82, 2.24) is 10.6 Å². The first-order valence-electron chi connectivity index (χ1n) is 18.6. The summed E-state index contributed by atoms with van der Waals surface area (Å²) in [6, 6.07) is 15.7. The summed E-state index contributed by atoms with van der Waals surface area (Å²) in [4.78, 5) is 56.0. The molecule has 2 atom stereocenters. The topological polar surface area (TPSA) is 158 Å². The smallest absolute Gasteiger partial charge is 0.414 e. The maximum Gasteiger partial charge on any atom is 0.414 e. The number of ether oxygens (including phenoxy) is 2. The van der Waals surface area contributed by atoms with Gasteiger partial charge in [0.25, 0.3) is 11.8 Å². The van der Waals surface area contributed by atoms with E-state index in [1.807, 2.05) is 16.7 Å². The number of nitrogens with zero attached hydrogens (tertiary/aromatic N) is 4. The lowest BCUT2D eigenvalue weighted by molar-refractivity contribution is 0.0915. The Balaban J connectivity index is 0.000000182. The third-order valence-corrected chi connectivity index (χ3v) is 14.9. The lowest BCUT2D eigenvalue weighted by Gasteiger charge is -2.29. The van der Waals surface area contributed by atoms with Crippen LogP contribution in [0.2, 0.25) is 8.67 Å². The van der Waals surface area contributed by atoms with E-state index in [0.717, 1.165) is 35.9 Å². The van der Waals surface area contributed by atoms with E-state index < -0.39 is 40.0 Å². The number of hydrogen-bond donors (Lipinski definition) is 2. The molecule has 0 bridgehead atoms. The number of hydrogen-bond acceptors (Lipinski definition) is 13. The Labute approximate surface area is 366 Å². The number of benzene rings is 2. The molecule has 2 aromatic heterocycles. The average Bonchev–Trinajstić information content (AvgIpc) is 4.04.